The minimum Gasteiger partial charge on any atom is -0.496 e. The zero-order chi connectivity index (χ0) is 13.8. The first-order valence-corrected chi connectivity index (χ1v) is 5.81. The number of ether oxygens (including phenoxy) is 1. The van der Waals surface area contributed by atoms with E-state index in [4.69, 9.17) is 21.6 Å². The summed E-state index contributed by atoms with van der Waals surface area (Å²) >= 11 is 6.03. The molecule has 0 aliphatic carbocycles. The fourth-order valence-corrected chi connectivity index (χ4v) is 1.72. The Morgan fingerprint density at radius 1 is 1.56 bits per heavy atom. The van der Waals surface area contributed by atoms with Crippen LogP contribution in [0.4, 0.5) is 0 Å². The predicted octanol–water partition coefficient (Wildman–Crippen LogP) is 2.31. The maximum atomic E-state index is 11.8. The van der Waals surface area contributed by atoms with Crippen LogP contribution in [-0.2, 0) is 11.2 Å². The summed E-state index contributed by atoms with van der Waals surface area (Å²) in [4.78, 5) is 11.8. The maximum Gasteiger partial charge on any atom is 0.225 e. The van der Waals surface area contributed by atoms with Crippen LogP contribution < -0.4 is 10.1 Å². The normalized spacial score (nSPS) is 10.6. The highest BCUT2D eigenvalue weighted by Crippen LogP contribution is 2.26. The van der Waals surface area contributed by atoms with Gasteiger partial charge in [0.2, 0.25) is 5.91 Å². The lowest BCUT2D eigenvalue weighted by molar-refractivity contribution is -0.121. The van der Waals surface area contributed by atoms with Crippen LogP contribution in [-0.4, -0.2) is 18.6 Å². The molecule has 1 N–H and O–H groups in total. The molecule has 4 nitrogen and oxygen atoms in total. The van der Waals surface area contributed by atoms with Crippen LogP contribution >= 0.6 is 11.6 Å². The zero-order valence-corrected chi connectivity index (χ0v) is 11.3. The Labute approximate surface area is 112 Å². The van der Waals surface area contributed by atoms with Gasteiger partial charge in [0.05, 0.1) is 19.6 Å². The monoisotopic (exact) mass is 266 g/mol. The number of halogens is 1. The molecule has 0 saturated heterocycles. The van der Waals surface area contributed by atoms with Gasteiger partial charge in [-0.2, -0.15) is 5.26 Å². The molecule has 0 aliphatic heterocycles. The summed E-state index contributed by atoms with van der Waals surface area (Å²) in [5.74, 6) is 0.292. The first-order chi connectivity index (χ1) is 8.39. The van der Waals surface area contributed by atoms with E-state index in [-0.39, 0.29) is 12.3 Å². The number of nitrogens with one attached hydrogen (secondary N) is 1. The summed E-state index contributed by atoms with van der Waals surface area (Å²) in [6.07, 6.45) is 0.0773. The second-order valence-corrected chi connectivity index (χ2v) is 4.79. The quantitative estimate of drug-likeness (QED) is 0.910. The lowest BCUT2D eigenvalue weighted by atomic mass is 10.1. The van der Waals surface area contributed by atoms with Gasteiger partial charge in [0.25, 0.3) is 0 Å². The third-order valence-electron chi connectivity index (χ3n) is 2.36. The first kappa shape index (κ1) is 14.3. The lowest BCUT2D eigenvalue weighted by Crippen LogP contribution is -2.42. The van der Waals surface area contributed by atoms with E-state index in [0.29, 0.717) is 16.3 Å². The number of carbonyl (C=O) groups excluding carboxylic acids is 1. The fourth-order valence-electron chi connectivity index (χ4n) is 1.48. The standard InChI is InChI=1S/C13H15ClN2O2/c1-13(2,8-15)16-12(17)7-9-10(14)5-4-6-11(9)18-3/h4-6H,7H2,1-3H3,(H,16,17). The van der Waals surface area contributed by atoms with E-state index in [2.05, 4.69) is 5.32 Å². The Kier molecular flexibility index (Phi) is 4.57. The molecule has 0 radical (unpaired) electrons. The van der Waals surface area contributed by atoms with Gasteiger partial charge < -0.3 is 10.1 Å². The average Bonchev–Trinajstić information content (AvgIpc) is 2.31. The van der Waals surface area contributed by atoms with Crippen molar-refractivity contribution in [1.82, 2.24) is 5.32 Å². The number of nitrogens with zero attached hydrogens (tertiary/aromatic N) is 1. The van der Waals surface area contributed by atoms with Crippen LogP contribution in [0.2, 0.25) is 5.02 Å². The van der Waals surface area contributed by atoms with E-state index in [1.807, 2.05) is 6.07 Å². The third-order valence-corrected chi connectivity index (χ3v) is 2.72. The molecule has 1 aromatic carbocycles. The van der Waals surface area contributed by atoms with Crippen molar-refractivity contribution in [3.8, 4) is 11.8 Å². The summed E-state index contributed by atoms with van der Waals surface area (Å²) in [6, 6.07) is 7.19. The van der Waals surface area contributed by atoms with Gasteiger partial charge in [0.15, 0.2) is 0 Å². The average molecular weight is 267 g/mol. The van der Waals surface area contributed by atoms with Gasteiger partial charge in [-0.15, -0.1) is 0 Å². The molecule has 0 bridgehead atoms. The van der Waals surface area contributed by atoms with E-state index in [0.717, 1.165) is 0 Å². The molecule has 1 rings (SSSR count). The van der Waals surface area contributed by atoms with Crippen molar-refractivity contribution >= 4 is 17.5 Å². The summed E-state index contributed by atoms with van der Waals surface area (Å²) in [5, 5.41) is 11.9. The molecule has 0 aliphatic rings. The molecule has 18 heavy (non-hydrogen) atoms. The van der Waals surface area contributed by atoms with Crippen molar-refractivity contribution in [2.24, 2.45) is 0 Å². The van der Waals surface area contributed by atoms with Crippen molar-refractivity contribution in [2.45, 2.75) is 25.8 Å². The molecule has 0 heterocycles. The summed E-state index contributed by atoms with van der Waals surface area (Å²) in [6.45, 7) is 3.27. The summed E-state index contributed by atoms with van der Waals surface area (Å²) in [5.41, 5.74) is -0.279. The van der Waals surface area contributed by atoms with Gasteiger partial charge >= 0.3 is 0 Å². The number of nitriles is 1. The van der Waals surface area contributed by atoms with Gasteiger partial charge in [-0.3, -0.25) is 4.79 Å². The molecule has 0 unspecified atom stereocenters. The van der Waals surface area contributed by atoms with Crippen molar-refractivity contribution in [3.05, 3.63) is 28.8 Å². The van der Waals surface area contributed by atoms with Crippen molar-refractivity contribution in [3.63, 3.8) is 0 Å². The molecule has 1 aromatic rings. The maximum absolute atomic E-state index is 11.8. The SMILES string of the molecule is COc1cccc(Cl)c1CC(=O)NC(C)(C)C#N. The van der Waals surface area contributed by atoms with Gasteiger partial charge in [0.1, 0.15) is 11.3 Å². The van der Waals surface area contributed by atoms with Gasteiger partial charge in [-0.25, -0.2) is 0 Å². The first-order valence-electron chi connectivity index (χ1n) is 5.43. The molecule has 1 amide bonds. The minimum absolute atomic E-state index is 0.0773. The van der Waals surface area contributed by atoms with Crippen LogP contribution in [0.15, 0.2) is 18.2 Å². The number of amides is 1. The molecule has 0 atom stereocenters. The van der Waals surface area contributed by atoms with Gasteiger partial charge in [0, 0.05) is 10.6 Å². The molecular weight excluding hydrogens is 252 g/mol. The van der Waals surface area contributed by atoms with Gasteiger partial charge in [-0.05, 0) is 26.0 Å². The largest absolute Gasteiger partial charge is 0.496 e. The van der Waals surface area contributed by atoms with Crippen LogP contribution in [0, 0.1) is 11.3 Å². The Morgan fingerprint density at radius 2 is 2.22 bits per heavy atom. The summed E-state index contributed by atoms with van der Waals surface area (Å²) < 4.78 is 5.15. The number of carbonyl (C=O) groups is 1. The van der Waals surface area contributed by atoms with E-state index < -0.39 is 5.54 Å². The molecule has 5 heteroatoms. The van der Waals surface area contributed by atoms with Gasteiger partial charge in [-0.1, -0.05) is 17.7 Å². The molecule has 0 saturated carbocycles. The molecule has 96 valence electrons. The van der Waals surface area contributed by atoms with E-state index >= 15 is 0 Å². The fraction of sp³-hybridized carbons (Fsp3) is 0.385. The Hall–Kier alpha value is -1.73. The molecule has 0 aromatic heterocycles. The van der Waals surface area contributed by atoms with Crippen LogP contribution in [0.25, 0.3) is 0 Å². The summed E-state index contributed by atoms with van der Waals surface area (Å²) in [7, 11) is 1.52. The number of benzene rings is 1. The van der Waals surface area contributed by atoms with E-state index in [1.165, 1.54) is 7.11 Å². The number of methoxy groups -OCH3 is 1. The Balaban J connectivity index is 2.86. The number of rotatable bonds is 4. The highest BCUT2D eigenvalue weighted by Gasteiger charge is 2.21. The zero-order valence-electron chi connectivity index (χ0n) is 10.6. The van der Waals surface area contributed by atoms with Crippen molar-refractivity contribution < 1.29 is 9.53 Å². The third kappa shape index (κ3) is 3.64. The smallest absolute Gasteiger partial charge is 0.225 e. The van der Waals surface area contributed by atoms with Crippen molar-refractivity contribution in [1.29, 1.82) is 5.26 Å². The topological polar surface area (TPSA) is 62.1 Å². The second-order valence-electron chi connectivity index (χ2n) is 4.38. The number of hydrogen-bond acceptors (Lipinski definition) is 3. The molecular formula is C13H15ClN2O2. The van der Waals surface area contributed by atoms with Crippen LogP contribution in [0.1, 0.15) is 19.4 Å². The van der Waals surface area contributed by atoms with Crippen molar-refractivity contribution in [2.75, 3.05) is 7.11 Å². The Morgan fingerprint density at radius 3 is 2.78 bits per heavy atom. The Bertz CT molecular complexity index is 492. The second kappa shape index (κ2) is 5.74. The van der Waals surface area contributed by atoms with E-state index in [1.54, 1.807) is 32.0 Å². The molecule has 0 spiro atoms. The minimum atomic E-state index is -0.897. The highest BCUT2D eigenvalue weighted by molar-refractivity contribution is 6.31. The highest BCUT2D eigenvalue weighted by atomic mass is 35.5. The lowest BCUT2D eigenvalue weighted by Gasteiger charge is -2.18. The molecule has 0 fully saturated rings. The predicted molar refractivity (Wildman–Crippen MR) is 69.5 cm³/mol. The van der Waals surface area contributed by atoms with Crippen LogP contribution in [0.3, 0.4) is 0 Å². The van der Waals surface area contributed by atoms with E-state index in [9.17, 15) is 4.79 Å². The number of hydrogen-bond donors (Lipinski definition) is 1. The van der Waals surface area contributed by atoms with Crippen LogP contribution in [0.5, 0.6) is 5.75 Å².